The van der Waals surface area contributed by atoms with E-state index in [9.17, 15) is 4.79 Å². The standard InChI is InChI=1S/C17H24N2O/c18-15-10-16(11-15)19-17(20)14-8-6-13(7-9-14)12-4-2-1-3-5-12/h6-9,12,15-16H,1-5,10-11,18H2,(H,19,20). The van der Waals surface area contributed by atoms with Gasteiger partial charge in [-0.15, -0.1) is 0 Å². The van der Waals surface area contributed by atoms with Gasteiger partial charge >= 0.3 is 0 Å². The molecule has 2 saturated carbocycles. The van der Waals surface area contributed by atoms with Crippen molar-refractivity contribution in [1.82, 2.24) is 5.32 Å². The Morgan fingerprint density at radius 1 is 1.05 bits per heavy atom. The average molecular weight is 272 g/mol. The molecule has 0 aromatic heterocycles. The van der Waals surface area contributed by atoms with E-state index in [2.05, 4.69) is 17.4 Å². The molecule has 2 aliphatic carbocycles. The van der Waals surface area contributed by atoms with E-state index in [1.54, 1.807) is 0 Å². The zero-order chi connectivity index (χ0) is 13.9. The Labute approximate surface area is 120 Å². The lowest BCUT2D eigenvalue weighted by atomic mass is 9.84. The number of hydrogen-bond donors (Lipinski definition) is 2. The highest BCUT2D eigenvalue weighted by atomic mass is 16.1. The molecule has 0 radical (unpaired) electrons. The molecule has 0 saturated heterocycles. The minimum Gasteiger partial charge on any atom is -0.349 e. The molecular weight excluding hydrogens is 248 g/mol. The molecule has 3 heteroatoms. The number of carbonyl (C=O) groups excluding carboxylic acids is 1. The first-order chi connectivity index (χ1) is 9.72. The van der Waals surface area contributed by atoms with E-state index in [1.807, 2.05) is 12.1 Å². The minimum atomic E-state index is 0.0390. The molecule has 0 atom stereocenters. The minimum absolute atomic E-state index is 0.0390. The van der Waals surface area contributed by atoms with Crippen LogP contribution in [0.15, 0.2) is 24.3 Å². The van der Waals surface area contributed by atoms with Crippen molar-refractivity contribution in [3.63, 3.8) is 0 Å². The topological polar surface area (TPSA) is 55.1 Å². The van der Waals surface area contributed by atoms with Gasteiger partial charge in [0.1, 0.15) is 0 Å². The van der Waals surface area contributed by atoms with Crippen molar-refractivity contribution >= 4 is 5.91 Å². The van der Waals surface area contributed by atoms with Gasteiger partial charge in [0.05, 0.1) is 0 Å². The van der Waals surface area contributed by atoms with Crippen molar-refractivity contribution in [2.24, 2.45) is 5.73 Å². The second-order valence-electron chi connectivity index (χ2n) is 6.36. The van der Waals surface area contributed by atoms with Crippen molar-refractivity contribution in [1.29, 1.82) is 0 Å². The third kappa shape index (κ3) is 3.04. The van der Waals surface area contributed by atoms with Gasteiger partial charge in [0.25, 0.3) is 5.91 Å². The Hall–Kier alpha value is -1.35. The molecule has 0 heterocycles. The number of hydrogen-bond acceptors (Lipinski definition) is 2. The molecule has 0 unspecified atom stereocenters. The van der Waals surface area contributed by atoms with Gasteiger partial charge in [-0.25, -0.2) is 0 Å². The zero-order valence-corrected chi connectivity index (χ0v) is 12.0. The maximum Gasteiger partial charge on any atom is 0.251 e. The molecule has 3 nitrogen and oxygen atoms in total. The molecular formula is C17H24N2O. The predicted octanol–water partition coefficient (Wildman–Crippen LogP) is 2.95. The van der Waals surface area contributed by atoms with Crippen LogP contribution in [-0.2, 0) is 0 Å². The summed E-state index contributed by atoms with van der Waals surface area (Å²) in [5, 5.41) is 3.04. The molecule has 1 aromatic carbocycles. The van der Waals surface area contributed by atoms with Crippen molar-refractivity contribution in [2.75, 3.05) is 0 Å². The fourth-order valence-electron chi connectivity index (χ4n) is 3.39. The summed E-state index contributed by atoms with van der Waals surface area (Å²) in [6, 6.07) is 8.76. The second kappa shape index (κ2) is 5.96. The molecule has 0 bridgehead atoms. The number of nitrogens with one attached hydrogen (secondary N) is 1. The summed E-state index contributed by atoms with van der Waals surface area (Å²) in [5.41, 5.74) is 7.90. The first kappa shape index (κ1) is 13.6. The maximum atomic E-state index is 12.1. The Morgan fingerprint density at radius 2 is 1.70 bits per heavy atom. The van der Waals surface area contributed by atoms with Crippen LogP contribution in [0.4, 0.5) is 0 Å². The maximum absolute atomic E-state index is 12.1. The van der Waals surface area contributed by atoms with Crippen molar-refractivity contribution in [3.8, 4) is 0 Å². The van der Waals surface area contributed by atoms with Crippen LogP contribution in [-0.4, -0.2) is 18.0 Å². The Balaban J connectivity index is 1.58. The first-order valence-corrected chi connectivity index (χ1v) is 7.89. The lowest BCUT2D eigenvalue weighted by Crippen LogP contribution is -2.50. The summed E-state index contributed by atoms with van der Waals surface area (Å²) in [6.45, 7) is 0. The van der Waals surface area contributed by atoms with Crippen LogP contribution >= 0.6 is 0 Å². The largest absolute Gasteiger partial charge is 0.349 e. The molecule has 1 aromatic rings. The van der Waals surface area contributed by atoms with Gasteiger partial charge in [-0.05, 0) is 49.3 Å². The molecule has 2 fully saturated rings. The predicted molar refractivity (Wildman–Crippen MR) is 80.7 cm³/mol. The van der Waals surface area contributed by atoms with E-state index in [1.165, 1.54) is 37.7 Å². The molecule has 0 spiro atoms. The third-order valence-corrected chi connectivity index (χ3v) is 4.76. The van der Waals surface area contributed by atoms with Gasteiger partial charge in [0.2, 0.25) is 0 Å². The number of benzene rings is 1. The Bertz CT molecular complexity index is 456. The summed E-state index contributed by atoms with van der Waals surface area (Å²) in [6.07, 6.45) is 8.47. The van der Waals surface area contributed by atoms with E-state index in [0.29, 0.717) is 5.92 Å². The van der Waals surface area contributed by atoms with Crippen molar-refractivity contribution in [2.45, 2.75) is 62.9 Å². The lowest BCUT2D eigenvalue weighted by Gasteiger charge is -2.33. The SMILES string of the molecule is NC1CC(NC(=O)c2ccc(C3CCCCC3)cc2)C1. The molecule has 20 heavy (non-hydrogen) atoms. The van der Waals surface area contributed by atoms with Crippen LogP contribution in [0, 0.1) is 0 Å². The van der Waals surface area contributed by atoms with Gasteiger partial charge in [-0.1, -0.05) is 31.4 Å². The van der Waals surface area contributed by atoms with Crippen LogP contribution in [0.3, 0.4) is 0 Å². The molecule has 1 amide bonds. The summed E-state index contributed by atoms with van der Waals surface area (Å²) in [4.78, 5) is 12.1. The molecule has 2 aliphatic rings. The lowest BCUT2D eigenvalue weighted by molar-refractivity contribution is 0.0910. The highest BCUT2D eigenvalue weighted by Crippen LogP contribution is 2.32. The van der Waals surface area contributed by atoms with Crippen LogP contribution < -0.4 is 11.1 Å². The fourth-order valence-corrected chi connectivity index (χ4v) is 3.39. The van der Waals surface area contributed by atoms with Gasteiger partial charge in [0.15, 0.2) is 0 Å². The quantitative estimate of drug-likeness (QED) is 0.889. The molecule has 0 aliphatic heterocycles. The van der Waals surface area contributed by atoms with Gasteiger partial charge in [-0.2, -0.15) is 0 Å². The van der Waals surface area contributed by atoms with E-state index >= 15 is 0 Å². The number of carbonyl (C=O) groups is 1. The highest BCUT2D eigenvalue weighted by molar-refractivity contribution is 5.94. The molecule has 3 N–H and O–H groups in total. The summed E-state index contributed by atoms with van der Waals surface area (Å²) in [7, 11) is 0. The fraction of sp³-hybridized carbons (Fsp3) is 0.588. The number of amides is 1. The van der Waals surface area contributed by atoms with Crippen LogP contribution in [0.1, 0.15) is 66.8 Å². The highest BCUT2D eigenvalue weighted by Gasteiger charge is 2.27. The van der Waals surface area contributed by atoms with Crippen LogP contribution in [0.25, 0.3) is 0 Å². The summed E-state index contributed by atoms with van der Waals surface area (Å²) >= 11 is 0. The summed E-state index contributed by atoms with van der Waals surface area (Å²) in [5.74, 6) is 0.739. The normalized spacial score (nSPS) is 26.9. The smallest absolute Gasteiger partial charge is 0.251 e. The average Bonchev–Trinajstić information content (AvgIpc) is 2.47. The van der Waals surface area contributed by atoms with Crippen molar-refractivity contribution in [3.05, 3.63) is 35.4 Å². The first-order valence-electron chi connectivity index (χ1n) is 7.89. The van der Waals surface area contributed by atoms with Crippen LogP contribution in [0.5, 0.6) is 0 Å². The van der Waals surface area contributed by atoms with E-state index in [-0.39, 0.29) is 18.0 Å². The Kier molecular flexibility index (Phi) is 4.06. The van der Waals surface area contributed by atoms with Crippen molar-refractivity contribution < 1.29 is 4.79 Å². The van der Waals surface area contributed by atoms with Gasteiger partial charge in [-0.3, -0.25) is 4.79 Å². The van der Waals surface area contributed by atoms with E-state index in [4.69, 9.17) is 5.73 Å². The van der Waals surface area contributed by atoms with Gasteiger partial charge in [0, 0.05) is 17.6 Å². The second-order valence-corrected chi connectivity index (χ2v) is 6.36. The Morgan fingerprint density at radius 3 is 2.30 bits per heavy atom. The van der Waals surface area contributed by atoms with Gasteiger partial charge < -0.3 is 11.1 Å². The monoisotopic (exact) mass is 272 g/mol. The summed E-state index contributed by atoms with van der Waals surface area (Å²) < 4.78 is 0. The molecule has 108 valence electrons. The number of nitrogens with two attached hydrogens (primary N) is 1. The zero-order valence-electron chi connectivity index (χ0n) is 12.0. The van der Waals surface area contributed by atoms with E-state index in [0.717, 1.165) is 18.4 Å². The number of rotatable bonds is 3. The third-order valence-electron chi connectivity index (χ3n) is 4.76. The van der Waals surface area contributed by atoms with E-state index < -0.39 is 0 Å². The van der Waals surface area contributed by atoms with Crippen LogP contribution in [0.2, 0.25) is 0 Å². The molecule has 3 rings (SSSR count).